The standard InChI is InChI=1S/C13H19NO5/c1-9(2)7-14(4-5-18-3)12(15)11-6-10(8-19-11)13(16)17/h6,8-9H,4-5,7H2,1-3H3,(H,16,17). The molecule has 6 heteroatoms. The molecule has 0 bridgehead atoms. The molecule has 0 radical (unpaired) electrons. The van der Waals surface area contributed by atoms with Gasteiger partial charge in [-0.15, -0.1) is 0 Å². The lowest BCUT2D eigenvalue weighted by atomic mass is 10.2. The topological polar surface area (TPSA) is 80.0 Å². The molecule has 1 aromatic rings. The number of aromatic carboxylic acids is 1. The average Bonchev–Trinajstić information content (AvgIpc) is 2.82. The van der Waals surface area contributed by atoms with Crippen LogP contribution in [0.1, 0.15) is 34.8 Å². The number of carboxylic acid groups (broad SMARTS) is 1. The molecule has 0 unspecified atom stereocenters. The minimum atomic E-state index is -1.12. The third-order valence-corrected chi connectivity index (χ3v) is 2.50. The maximum absolute atomic E-state index is 12.2. The highest BCUT2D eigenvalue weighted by Gasteiger charge is 2.21. The van der Waals surface area contributed by atoms with Gasteiger partial charge in [-0.3, -0.25) is 4.79 Å². The lowest BCUT2D eigenvalue weighted by molar-refractivity contribution is 0.0640. The number of hydrogen-bond acceptors (Lipinski definition) is 4. The maximum Gasteiger partial charge on any atom is 0.338 e. The van der Waals surface area contributed by atoms with E-state index >= 15 is 0 Å². The van der Waals surface area contributed by atoms with Gasteiger partial charge in [0.25, 0.3) is 5.91 Å². The van der Waals surface area contributed by atoms with Gasteiger partial charge < -0.3 is 19.2 Å². The van der Waals surface area contributed by atoms with Gasteiger partial charge in [0, 0.05) is 26.3 Å². The van der Waals surface area contributed by atoms with Gasteiger partial charge in [-0.2, -0.15) is 0 Å². The molecule has 0 saturated carbocycles. The predicted molar refractivity (Wildman–Crippen MR) is 68.3 cm³/mol. The van der Waals surface area contributed by atoms with Crippen LogP contribution in [0, 0.1) is 5.92 Å². The van der Waals surface area contributed by atoms with Crippen LogP contribution in [0.15, 0.2) is 16.7 Å². The molecule has 0 fully saturated rings. The van der Waals surface area contributed by atoms with Crippen molar-refractivity contribution in [2.24, 2.45) is 5.92 Å². The maximum atomic E-state index is 12.2. The zero-order valence-electron chi connectivity index (χ0n) is 11.4. The van der Waals surface area contributed by atoms with Gasteiger partial charge in [-0.25, -0.2) is 4.79 Å². The molecule has 0 aromatic carbocycles. The third kappa shape index (κ3) is 4.40. The van der Waals surface area contributed by atoms with Gasteiger partial charge in [-0.1, -0.05) is 13.8 Å². The van der Waals surface area contributed by atoms with Crippen LogP contribution in [0.3, 0.4) is 0 Å². The summed E-state index contributed by atoms with van der Waals surface area (Å²) < 4.78 is 9.98. The Hall–Kier alpha value is -1.82. The first-order valence-corrected chi connectivity index (χ1v) is 6.05. The van der Waals surface area contributed by atoms with E-state index < -0.39 is 5.97 Å². The van der Waals surface area contributed by atoms with Crippen molar-refractivity contribution in [3.05, 3.63) is 23.7 Å². The summed E-state index contributed by atoms with van der Waals surface area (Å²) in [5.74, 6) is -1.10. The molecular weight excluding hydrogens is 250 g/mol. The first kappa shape index (κ1) is 15.2. The quantitative estimate of drug-likeness (QED) is 0.815. The lowest BCUT2D eigenvalue weighted by Crippen LogP contribution is -2.36. The van der Waals surface area contributed by atoms with Gasteiger partial charge in [0.2, 0.25) is 0 Å². The molecule has 6 nitrogen and oxygen atoms in total. The number of ether oxygens (including phenoxy) is 1. The van der Waals surface area contributed by atoms with Crippen molar-refractivity contribution >= 4 is 11.9 Å². The molecule has 0 atom stereocenters. The summed E-state index contributed by atoms with van der Waals surface area (Å²) in [7, 11) is 1.56. The number of carbonyl (C=O) groups excluding carboxylic acids is 1. The molecule has 106 valence electrons. The van der Waals surface area contributed by atoms with E-state index in [2.05, 4.69) is 0 Å². The highest BCUT2D eigenvalue weighted by Crippen LogP contribution is 2.12. The number of furan rings is 1. The van der Waals surface area contributed by atoms with Crippen molar-refractivity contribution in [3.63, 3.8) is 0 Å². The van der Waals surface area contributed by atoms with Crippen LogP contribution in [-0.2, 0) is 4.74 Å². The van der Waals surface area contributed by atoms with Crippen LogP contribution in [0.25, 0.3) is 0 Å². The Kier molecular flexibility index (Phi) is 5.57. The summed E-state index contributed by atoms with van der Waals surface area (Å²) in [6.45, 7) is 5.42. The summed E-state index contributed by atoms with van der Waals surface area (Å²) in [5, 5.41) is 8.80. The largest absolute Gasteiger partial charge is 0.478 e. The molecule has 0 aliphatic heterocycles. The van der Waals surface area contributed by atoms with E-state index in [0.29, 0.717) is 25.6 Å². The Bertz CT molecular complexity index is 438. The van der Waals surface area contributed by atoms with Crippen molar-refractivity contribution in [3.8, 4) is 0 Å². The van der Waals surface area contributed by atoms with Gasteiger partial charge in [0.15, 0.2) is 5.76 Å². The molecular formula is C13H19NO5. The lowest BCUT2D eigenvalue weighted by Gasteiger charge is -2.23. The van der Waals surface area contributed by atoms with E-state index in [4.69, 9.17) is 14.3 Å². The van der Waals surface area contributed by atoms with Gasteiger partial charge in [0.1, 0.15) is 6.26 Å². The number of methoxy groups -OCH3 is 1. The van der Waals surface area contributed by atoms with E-state index in [-0.39, 0.29) is 17.2 Å². The molecule has 0 aliphatic carbocycles. The number of amides is 1. The summed E-state index contributed by atoms with van der Waals surface area (Å²) in [6, 6.07) is 1.24. The second-order valence-electron chi connectivity index (χ2n) is 4.64. The second-order valence-corrected chi connectivity index (χ2v) is 4.64. The fraction of sp³-hybridized carbons (Fsp3) is 0.538. The Morgan fingerprint density at radius 3 is 2.63 bits per heavy atom. The molecule has 1 heterocycles. The van der Waals surface area contributed by atoms with Crippen LogP contribution >= 0.6 is 0 Å². The Labute approximate surface area is 112 Å². The average molecular weight is 269 g/mol. The van der Waals surface area contributed by atoms with Crippen LogP contribution < -0.4 is 0 Å². The third-order valence-electron chi connectivity index (χ3n) is 2.50. The van der Waals surface area contributed by atoms with E-state index in [1.54, 1.807) is 12.0 Å². The molecule has 0 spiro atoms. The zero-order valence-corrected chi connectivity index (χ0v) is 11.4. The molecule has 19 heavy (non-hydrogen) atoms. The molecule has 0 aliphatic rings. The van der Waals surface area contributed by atoms with Crippen LogP contribution in [0.4, 0.5) is 0 Å². The van der Waals surface area contributed by atoms with Crippen molar-refractivity contribution in [2.45, 2.75) is 13.8 Å². The summed E-state index contributed by atoms with van der Waals surface area (Å²) in [4.78, 5) is 24.6. The minimum Gasteiger partial charge on any atom is -0.478 e. The van der Waals surface area contributed by atoms with Crippen molar-refractivity contribution in [1.29, 1.82) is 0 Å². The van der Waals surface area contributed by atoms with Gasteiger partial charge >= 0.3 is 5.97 Å². The zero-order chi connectivity index (χ0) is 14.4. The monoisotopic (exact) mass is 269 g/mol. The molecule has 1 amide bonds. The van der Waals surface area contributed by atoms with Gasteiger partial charge in [-0.05, 0) is 5.92 Å². The Morgan fingerprint density at radius 1 is 1.47 bits per heavy atom. The fourth-order valence-corrected chi connectivity index (χ4v) is 1.63. The number of rotatable bonds is 7. The summed E-state index contributed by atoms with van der Waals surface area (Å²) in [6.07, 6.45) is 1.07. The van der Waals surface area contributed by atoms with Crippen molar-refractivity contribution in [1.82, 2.24) is 4.90 Å². The summed E-state index contributed by atoms with van der Waals surface area (Å²) >= 11 is 0. The minimum absolute atomic E-state index is 0.0282. The molecule has 1 N–H and O–H groups in total. The SMILES string of the molecule is COCCN(CC(C)C)C(=O)c1cc(C(=O)O)co1. The number of carboxylic acids is 1. The van der Waals surface area contributed by atoms with E-state index in [1.165, 1.54) is 6.07 Å². The predicted octanol–water partition coefficient (Wildman–Crippen LogP) is 1.72. The van der Waals surface area contributed by atoms with E-state index in [1.807, 2.05) is 13.8 Å². The highest BCUT2D eigenvalue weighted by molar-refractivity contribution is 5.95. The van der Waals surface area contributed by atoms with Crippen molar-refractivity contribution in [2.75, 3.05) is 26.8 Å². The highest BCUT2D eigenvalue weighted by atomic mass is 16.5. The fourth-order valence-electron chi connectivity index (χ4n) is 1.63. The molecule has 0 saturated heterocycles. The van der Waals surface area contributed by atoms with E-state index in [9.17, 15) is 9.59 Å². The van der Waals surface area contributed by atoms with Crippen LogP contribution in [-0.4, -0.2) is 48.7 Å². The molecule has 1 rings (SSSR count). The number of hydrogen-bond donors (Lipinski definition) is 1. The van der Waals surface area contributed by atoms with Crippen LogP contribution in [0.2, 0.25) is 0 Å². The van der Waals surface area contributed by atoms with Crippen molar-refractivity contribution < 1.29 is 23.8 Å². The summed E-state index contributed by atoms with van der Waals surface area (Å²) in [5.41, 5.74) is -0.0282. The second kappa shape index (κ2) is 6.94. The normalized spacial score (nSPS) is 10.7. The van der Waals surface area contributed by atoms with Gasteiger partial charge in [0.05, 0.1) is 12.2 Å². The first-order chi connectivity index (χ1) is 8.95. The Balaban J connectivity index is 2.81. The van der Waals surface area contributed by atoms with E-state index in [0.717, 1.165) is 6.26 Å². The number of carbonyl (C=O) groups is 2. The smallest absolute Gasteiger partial charge is 0.338 e. The van der Waals surface area contributed by atoms with Crippen LogP contribution in [0.5, 0.6) is 0 Å². The number of nitrogens with zero attached hydrogens (tertiary/aromatic N) is 1. The Morgan fingerprint density at radius 2 is 2.16 bits per heavy atom. The first-order valence-electron chi connectivity index (χ1n) is 6.05. The molecule has 1 aromatic heterocycles.